The first-order valence-electron chi connectivity index (χ1n) is 6.07. The Labute approximate surface area is 115 Å². The molecule has 104 valence electrons. The molecular weight excluding hydrogens is 260 g/mol. The van der Waals surface area contributed by atoms with Crippen LogP contribution < -0.4 is 10.3 Å². The Morgan fingerprint density at radius 1 is 1.30 bits per heavy atom. The third kappa shape index (κ3) is 2.85. The van der Waals surface area contributed by atoms with Gasteiger partial charge in [0.05, 0.1) is 13.7 Å². The first-order valence-corrected chi connectivity index (χ1v) is 6.07. The van der Waals surface area contributed by atoms with Gasteiger partial charge in [0.15, 0.2) is 5.69 Å². The van der Waals surface area contributed by atoms with Crippen molar-refractivity contribution in [2.75, 3.05) is 13.7 Å². The molecule has 0 amide bonds. The van der Waals surface area contributed by atoms with Gasteiger partial charge in [-0.2, -0.15) is 0 Å². The molecule has 20 heavy (non-hydrogen) atoms. The SMILES string of the molecule is CCOc1ccc(-c2nc(C(=O)OC)c[nH]c2=O)cc1. The monoisotopic (exact) mass is 274 g/mol. The summed E-state index contributed by atoms with van der Waals surface area (Å²) < 4.78 is 9.90. The van der Waals surface area contributed by atoms with Crippen LogP contribution in [0.3, 0.4) is 0 Å². The summed E-state index contributed by atoms with van der Waals surface area (Å²) in [7, 11) is 1.26. The van der Waals surface area contributed by atoms with Crippen molar-refractivity contribution in [3.8, 4) is 17.0 Å². The summed E-state index contributed by atoms with van der Waals surface area (Å²) in [4.78, 5) is 29.7. The van der Waals surface area contributed by atoms with Gasteiger partial charge in [0.25, 0.3) is 5.56 Å². The summed E-state index contributed by atoms with van der Waals surface area (Å²) in [5.74, 6) is 0.102. The van der Waals surface area contributed by atoms with E-state index in [0.29, 0.717) is 17.9 Å². The van der Waals surface area contributed by atoms with E-state index in [1.807, 2.05) is 6.92 Å². The third-order valence-corrected chi connectivity index (χ3v) is 2.62. The maximum Gasteiger partial charge on any atom is 0.358 e. The fraction of sp³-hybridized carbons (Fsp3) is 0.214. The van der Waals surface area contributed by atoms with Crippen molar-refractivity contribution >= 4 is 5.97 Å². The van der Waals surface area contributed by atoms with Crippen LogP contribution in [0.1, 0.15) is 17.4 Å². The van der Waals surface area contributed by atoms with Crippen LogP contribution in [-0.2, 0) is 4.74 Å². The Balaban J connectivity index is 2.41. The fourth-order valence-corrected chi connectivity index (χ4v) is 1.69. The van der Waals surface area contributed by atoms with Crippen LogP contribution in [0.4, 0.5) is 0 Å². The summed E-state index contributed by atoms with van der Waals surface area (Å²) in [5.41, 5.74) is 0.439. The van der Waals surface area contributed by atoms with Gasteiger partial charge in [-0.05, 0) is 31.2 Å². The predicted molar refractivity (Wildman–Crippen MR) is 72.8 cm³/mol. The molecule has 0 aliphatic heterocycles. The summed E-state index contributed by atoms with van der Waals surface area (Å²) in [5, 5.41) is 0. The van der Waals surface area contributed by atoms with E-state index in [0.717, 1.165) is 0 Å². The highest BCUT2D eigenvalue weighted by Gasteiger charge is 2.12. The molecule has 0 atom stereocenters. The van der Waals surface area contributed by atoms with Crippen LogP contribution in [-0.4, -0.2) is 29.7 Å². The van der Waals surface area contributed by atoms with Crippen LogP contribution in [0.2, 0.25) is 0 Å². The van der Waals surface area contributed by atoms with E-state index in [1.165, 1.54) is 13.3 Å². The van der Waals surface area contributed by atoms with Gasteiger partial charge in [0.2, 0.25) is 0 Å². The van der Waals surface area contributed by atoms with E-state index in [-0.39, 0.29) is 16.9 Å². The number of methoxy groups -OCH3 is 1. The van der Waals surface area contributed by atoms with Crippen molar-refractivity contribution in [1.29, 1.82) is 0 Å². The number of hydrogen-bond donors (Lipinski definition) is 1. The van der Waals surface area contributed by atoms with Crippen LogP contribution in [0, 0.1) is 0 Å². The molecule has 6 heteroatoms. The summed E-state index contributed by atoms with van der Waals surface area (Å²) in [6.45, 7) is 2.45. The van der Waals surface area contributed by atoms with Gasteiger partial charge in [0.1, 0.15) is 11.4 Å². The zero-order chi connectivity index (χ0) is 14.5. The zero-order valence-corrected chi connectivity index (χ0v) is 11.2. The lowest BCUT2D eigenvalue weighted by Gasteiger charge is -2.05. The minimum atomic E-state index is -0.603. The molecule has 0 spiro atoms. The molecule has 1 aromatic carbocycles. The average Bonchev–Trinajstić information content (AvgIpc) is 2.48. The van der Waals surface area contributed by atoms with Gasteiger partial charge in [-0.25, -0.2) is 9.78 Å². The fourth-order valence-electron chi connectivity index (χ4n) is 1.69. The highest BCUT2D eigenvalue weighted by Crippen LogP contribution is 2.18. The van der Waals surface area contributed by atoms with Gasteiger partial charge < -0.3 is 14.5 Å². The van der Waals surface area contributed by atoms with Crippen molar-refractivity contribution in [1.82, 2.24) is 9.97 Å². The number of nitrogens with one attached hydrogen (secondary N) is 1. The van der Waals surface area contributed by atoms with Crippen LogP contribution in [0.5, 0.6) is 5.75 Å². The number of aromatic nitrogens is 2. The minimum Gasteiger partial charge on any atom is -0.494 e. The molecule has 2 aromatic rings. The van der Waals surface area contributed by atoms with Crippen molar-refractivity contribution in [3.05, 3.63) is 46.5 Å². The third-order valence-electron chi connectivity index (χ3n) is 2.62. The van der Waals surface area contributed by atoms with Crippen molar-refractivity contribution in [3.63, 3.8) is 0 Å². The molecule has 1 N–H and O–H groups in total. The molecule has 2 rings (SSSR count). The van der Waals surface area contributed by atoms with E-state index in [4.69, 9.17) is 4.74 Å². The maximum atomic E-state index is 11.8. The molecular formula is C14H14N2O4. The lowest BCUT2D eigenvalue weighted by Crippen LogP contribution is -2.15. The predicted octanol–water partition coefficient (Wildman–Crippen LogP) is 1.62. The molecule has 1 heterocycles. The number of nitrogens with zero attached hydrogens (tertiary/aromatic N) is 1. The van der Waals surface area contributed by atoms with Crippen LogP contribution in [0.15, 0.2) is 35.3 Å². The van der Waals surface area contributed by atoms with E-state index in [1.54, 1.807) is 24.3 Å². The van der Waals surface area contributed by atoms with Crippen LogP contribution in [0.25, 0.3) is 11.3 Å². The topological polar surface area (TPSA) is 81.3 Å². The molecule has 0 aliphatic rings. The number of benzene rings is 1. The van der Waals surface area contributed by atoms with Crippen LogP contribution >= 0.6 is 0 Å². The largest absolute Gasteiger partial charge is 0.494 e. The molecule has 6 nitrogen and oxygen atoms in total. The number of esters is 1. The second-order valence-electron chi connectivity index (χ2n) is 3.91. The lowest BCUT2D eigenvalue weighted by molar-refractivity contribution is 0.0593. The molecule has 0 unspecified atom stereocenters. The Hall–Kier alpha value is -2.63. The molecule has 0 aliphatic carbocycles. The minimum absolute atomic E-state index is 0.0518. The summed E-state index contributed by atoms with van der Waals surface area (Å²) in [6.07, 6.45) is 1.23. The number of carbonyl (C=O) groups excluding carboxylic acids is 1. The van der Waals surface area contributed by atoms with E-state index in [9.17, 15) is 9.59 Å². The first-order chi connectivity index (χ1) is 9.65. The zero-order valence-electron chi connectivity index (χ0n) is 11.2. The first kappa shape index (κ1) is 13.8. The van der Waals surface area contributed by atoms with E-state index < -0.39 is 5.97 Å². The van der Waals surface area contributed by atoms with Gasteiger partial charge in [-0.3, -0.25) is 4.79 Å². The number of ether oxygens (including phenoxy) is 2. The highest BCUT2D eigenvalue weighted by molar-refractivity contribution is 5.87. The molecule has 0 fully saturated rings. The van der Waals surface area contributed by atoms with Gasteiger partial charge in [0, 0.05) is 11.8 Å². The summed E-state index contributed by atoms with van der Waals surface area (Å²) >= 11 is 0. The normalized spacial score (nSPS) is 10.1. The quantitative estimate of drug-likeness (QED) is 0.857. The van der Waals surface area contributed by atoms with E-state index in [2.05, 4.69) is 14.7 Å². The number of aromatic amines is 1. The van der Waals surface area contributed by atoms with Crippen molar-refractivity contribution < 1.29 is 14.3 Å². The van der Waals surface area contributed by atoms with E-state index >= 15 is 0 Å². The Bertz CT molecular complexity index is 662. The molecule has 0 saturated heterocycles. The second kappa shape index (κ2) is 6.01. The summed E-state index contributed by atoms with van der Waals surface area (Å²) in [6, 6.07) is 6.91. The lowest BCUT2D eigenvalue weighted by atomic mass is 10.1. The number of hydrogen-bond acceptors (Lipinski definition) is 5. The number of H-pyrrole nitrogens is 1. The molecule has 1 aromatic heterocycles. The van der Waals surface area contributed by atoms with Gasteiger partial charge in [-0.1, -0.05) is 0 Å². The standard InChI is InChI=1S/C14H14N2O4/c1-3-20-10-6-4-9(5-7-10)12-13(17)15-8-11(16-12)14(18)19-2/h4-8H,3H2,1-2H3,(H,15,17). The van der Waals surface area contributed by atoms with Crippen molar-refractivity contribution in [2.45, 2.75) is 6.92 Å². The Morgan fingerprint density at radius 3 is 2.60 bits per heavy atom. The molecule has 0 saturated carbocycles. The maximum absolute atomic E-state index is 11.8. The number of carbonyl (C=O) groups is 1. The Kier molecular flexibility index (Phi) is 4.14. The average molecular weight is 274 g/mol. The number of rotatable bonds is 4. The highest BCUT2D eigenvalue weighted by atomic mass is 16.5. The van der Waals surface area contributed by atoms with Gasteiger partial charge in [-0.15, -0.1) is 0 Å². The second-order valence-corrected chi connectivity index (χ2v) is 3.91. The molecule has 0 bridgehead atoms. The smallest absolute Gasteiger partial charge is 0.358 e. The Morgan fingerprint density at radius 2 is 2.00 bits per heavy atom. The van der Waals surface area contributed by atoms with Crippen molar-refractivity contribution in [2.24, 2.45) is 0 Å². The molecule has 0 radical (unpaired) electrons. The van der Waals surface area contributed by atoms with Gasteiger partial charge >= 0.3 is 5.97 Å².